The third kappa shape index (κ3) is 2.30. The van der Waals surface area contributed by atoms with Crippen molar-refractivity contribution in [3.05, 3.63) is 66.1 Å². The molecule has 1 heterocycles. The van der Waals surface area contributed by atoms with Crippen LogP contribution in [0.2, 0.25) is 0 Å². The van der Waals surface area contributed by atoms with Crippen LogP contribution in [0.25, 0.3) is 22.0 Å². The number of nitrogens with zero attached hydrogens (tertiary/aromatic N) is 1. The number of ketones is 1. The molecule has 0 saturated heterocycles. The normalized spacial score (nSPS) is 10.7. The number of benzene rings is 2. The molecular weight excluding hydrogens is 253 g/mol. The summed E-state index contributed by atoms with van der Waals surface area (Å²) in [4.78, 5) is 15.8. The number of Topliss-reactive ketones (excluding diaryl/α,β-unsaturated/α-hetero) is 1. The zero-order chi connectivity index (χ0) is 14.1. The Morgan fingerprint density at radius 3 is 2.45 bits per heavy atom. The number of pyridine rings is 1. The van der Waals surface area contributed by atoms with Gasteiger partial charge in [0.1, 0.15) is 5.82 Å². The van der Waals surface area contributed by atoms with E-state index in [2.05, 4.69) is 4.98 Å². The summed E-state index contributed by atoms with van der Waals surface area (Å²) in [5.41, 5.74) is 3.30. The fourth-order valence-electron chi connectivity index (χ4n) is 2.15. The molecule has 3 aromatic rings. The van der Waals surface area contributed by atoms with E-state index in [1.165, 1.54) is 12.1 Å². The first-order valence-corrected chi connectivity index (χ1v) is 6.30. The van der Waals surface area contributed by atoms with Gasteiger partial charge in [-0.2, -0.15) is 0 Å². The molecule has 0 atom stereocenters. The number of rotatable bonds is 2. The van der Waals surface area contributed by atoms with Crippen LogP contribution < -0.4 is 0 Å². The fraction of sp³-hybridized carbons (Fsp3) is 0.0588. The van der Waals surface area contributed by atoms with Crippen molar-refractivity contribution < 1.29 is 9.18 Å². The fourth-order valence-corrected chi connectivity index (χ4v) is 2.15. The molecule has 3 heteroatoms. The molecule has 98 valence electrons. The number of aromatic nitrogens is 1. The van der Waals surface area contributed by atoms with Crippen LogP contribution in [0.4, 0.5) is 4.39 Å². The molecule has 2 aromatic carbocycles. The summed E-state index contributed by atoms with van der Waals surface area (Å²) in [6.45, 7) is 1.54. The monoisotopic (exact) mass is 265 g/mol. The summed E-state index contributed by atoms with van der Waals surface area (Å²) in [7, 11) is 0. The van der Waals surface area contributed by atoms with Crippen molar-refractivity contribution >= 4 is 16.7 Å². The van der Waals surface area contributed by atoms with Gasteiger partial charge in [0.2, 0.25) is 0 Å². The summed E-state index contributed by atoms with van der Waals surface area (Å²) in [6.07, 6.45) is 1.75. The van der Waals surface area contributed by atoms with Gasteiger partial charge in [0.05, 0.1) is 5.52 Å². The zero-order valence-electron chi connectivity index (χ0n) is 10.9. The van der Waals surface area contributed by atoms with Crippen molar-refractivity contribution in [2.24, 2.45) is 0 Å². The molecule has 0 spiro atoms. The van der Waals surface area contributed by atoms with Crippen LogP contribution in [0.5, 0.6) is 0 Å². The highest BCUT2D eigenvalue weighted by molar-refractivity contribution is 5.98. The van der Waals surface area contributed by atoms with Crippen molar-refractivity contribution in [1.82, 2.24) is 4.98 Å². The summed E-state index contributed by atoms with van der Waals surface area (Å²) >= 11 is 0. The van der Waals surface area contributed by atoms with Crippen molar-refractivity contribution in [3.8, 4) is 11.1 Å². The average molecular weight is 265 g/mol. The van der Waals surface area contributed by atoms with Crippen molar-refractivity contribution in [1.29, 1.82) is 0 Å². The van der Waals surface area contributed by atoms with E-state index in [0.29, 0.717) is 5.56 Å². The molecule has 3 rings (SSSR count). The first-order valence-electron chi connectivity index (χ1n) is 6.30. The van der Waals surface area contributed by atoms with E-state index in [9.17, 15) is 9.18 Å². The highest BCUT2D eigenvalue weighted by atomic mass is 19.1. The molecule has 0 radical (unpaired) electrons. The third-order valence-corrected chi connectivity index (χ3v) is 3.27. The van der Waals surface area contributed by atoms with Crippen LogP contribution >= 0.6 is 0 Å². The number of halogens is 1. The molecule has 0 unspecified atom stereocenters. The second-order valence-corrected chi connectivity index (χ2v) is 4.69. The van der Waals surface area contributed by atoms with Gasteiger partial charge in [0.25, 0.3) is 0 Å². The molecule has 0 saturated carbocycles. The van der Waals surface area contributed by atoms with Gasteiger partial charge in [-0.05, 0) is 48.9 Å². The van der Waals surface area contributed by atoms with Gasteiger partial charge in [-0.15, -0.1) is 0 Å². The van der Waals surface area contributed by atoms with E-state index in [1.807, 2.05) is 18.2 Å². The van der Waals surface area contributed by atoms with E-state index in [0.717, 1.165) is 22.0 Å². The standard InChI is InChI=1S/C17H12FNO/c1-11(20)13-4-7-17-14(8-13)9-15(10-19-17)12-2-5-16(18)6-3-12/h2-10H,1H3. The zero-order valence-corrected chi connectivity index (χ0v) is 10.9. The van der Waals surface area contributed by atoms with E-state index in [1.54, 1.807) is 31.3 Å². The second kappa shape index (κ2) is 4.85. The highest BCUT2D eigenvalue weighted by Gasteiger charge is 2.04. The number of hydrogen-bond acceptors (Lipinski definition) is 2. The highest BCUT2D eigenvalue weighted by Crippen LogP contribution is 2.23. The largest absolute Gasteiger partial charge is 0.295 e. The molecule has 2 nitrogen and oxygen atoms in total. The second-order valence-electron chi connectivity index (χ2n) is 4.69. The SMILES string of the molecule is CC(=O)c1ccc2ncc(-c3ccc(F)cc3)cc2c1. The lowest BCUT2D eigenvalue weighted by Crippen LogP contribution is -1.92. The molecular formula is C17H12FNO. The van der Waals surface area contributed by atoms with Gasteiger partial charge in [0.15, 0.2) is 5.78 Å². The van der Waals surface area contributed by atoms with Crippen LogP contribution in [-0.2, 0) is 0 Å². The van der Waals surface area contributed by atoms with Gasteiger partial charge >= 0.3 is 0 Å². The Balaban J connectivity index is 2.13. The van der Waals surface area contributed by atoms with Gasteiger partial charge in [0, 0.05) is 22.7 Å². The number of carbonyl (C=O) groups is 1. The van der Waals surface area contributed by atoms with Crippen LogP contribution in [-0.4, -0.2) is 10.8 Å². The maximum atomic E-state index is 12.9. The van der Waals surface area contributed by atoms with Crippen LogP contribution in [0.3, 0.4) is 0 Å². The molecule has 0 aliphatic carbocycles. The van der Waals surface area contributed by atoms with E-state index < -0.39 is 0 Å². The quantitative estimate of drug-likeness (QED) is 0.648. The molecule has 0 fully saturated rings. The van der Waals surface area contributed by atoms with Crippen LogP contribution in [0, 0.1) is 5.82 Å². The van der Waals surface area contributed by atoms with Gasteiger partial charge in [-0.3, -0.25) is 9.78 Å². The summed E-state index contributed by atoms with van der Waals surface area (Å²) in [5, 5.41) is 0.902. The number of hydrogen-bond donors (Lipinski definition) is 0. The Kier molecular flexibility index (Phi) is 3.03. The van der Waals surface area contributed by atoms with Crippen LogP contribution in [0.15, 0.2) is 54.7 Å². The lowest BCUT2D eigenvalue weighted by atomic mass is 10.0. The lowest BCUT2D eigenvalue weighted by Gasteiger charge is -2.05. The minimum atomic E-state index is -0.263. The summed E-state index contributed by atoms with van der Waals surface area (Å²) in [5.74, 6) is -0.236. The number of fused-ring (bicyclic) bond motifs is 1. The molecule has 1 aromatic heterocycles. The van der Waals surface area contributed by atoms with Gasteiger partial charge < -0.3 is 0 Å². The third-order valence-electron chi connectivity index (χ3n) is 3.27. The molecule has 0 aliphatic rings. The number of carbonyl (C=O) groups excluding carboxylic acids is 1. The van der Waals surface area contributed by atoms with E-state index in [4.69, 9.17) is 0 Å². The molecule has 0 amide bonds. The first kappa shape index (κ1) is 12.5. The predicted molar refractivity (Wildman–Crippen MR) is 77.1 cm³/mol. The Morgan fingerprint density at radius 1 is 1.00 bits per heavy atom. The van der Waals surface area contributed by atoms with Gasteiger partial charge in [-0.25, -0.2) is 4.39 Å². The Bertz CT molecular complexity index is 794. The lowest BCUT2D eigenvalue weighted by molar-refractivity contribution is 0.101. The topological polar surface area (TPSA) is 30.0 Å². The molecule has 0 aliphatic heterocycles. The molecule has 0 bridgehead atoms. The summed E-state index contributed by atoms with van der Waals surface area (Å²) < 4.78 is 12.9. The minimum absolute atomic E-state index is 0.0269. The maximum absolute atomic E-state index is 12.9. The Labute approximate surface area is 115 Å². The Morgan fingerprint density at radius 2 is 1.75 bits per heavy atom. The first-order chi connectivity index (χ1) is 9.63. The van der Waals surface area contributed by atoms with E-state index in [-0.39, 0.29) is 11.6 Å². The van der Waals surface area contributed by atoms with Crippen LogP contribution in [0.1, 0.15) is 17.3 Å². The maximum Gasteiger partial charge on any atom is 0.159 e. The molecule has 20 heavy (non-hydrogen) atoms. The molecule has 0 N–H and O–H groups in total. The van der Waals surface area contributed by atoms with E-state index >= 15 is 0 Å². The predicted octanol–water partition coefficient (Wildman–Crippen LogP) is 4.24. The average Bonchev–Trinajstić information content (AvgIpc) is 2.47. The van der Waals surface area contributed by atoms with Crippen molar-refractivity contribution in [2.45, 2.75) is 6.92 Å². The minimum Gasteiger partial charge on any atom is -0.295 e. The van der Waals surface area contributed by atoms with Gasteiger partial charge in [-0.1, -0.05) is 12.1 Å². The van der Waals surface area contributed by atoms with Crippen molar-refractivity contribution in [3.63, 3.8) is 0 Å². The Hall–Kier alpha value is -2.55. The summed E-state index contributed by atoms with van der Waals surface area (Å²) in [6, 6.07) is 13.7. The van der Waals surface area contributed by atoms with Crippen molar-refractivity contribution in [2.75, 3.05) is 0 Å². The smallest absolute Gasteiger partial charge is 0.159 e.